The van der Waals surface area contributed by atoms with Crippen molar-refractivity contribution in [2.24, 2.45) is 13.0 Å². The molecule has 0 amide bonds. The molecule has 0 bridgehead atoms. The minimum Gasteiger partial charge on any atom is -0.465 e. The van der Waals surface area contributed by atoms with Gasteiger partial charge in [0.1, 0.15) is 9.84 Å². The lowest BCUT2D eigenvalue weighted by Crippen LogP contribution is -2.31. The number of carbonyl (C=O) groups excluding carboxylic acids is 1. The largest absolute Gasteiger partial charge is 0.465 e. The highest BCUT2D eigenvalue weighted by Gasteiger charge is 2.23. The van der Waals surface area contributed by atoms with Crippen molar-refractivity contribution in [3.8, 4) is 0 Å². The Balaban J connectivity index is 1.89. The van der Waals surface area contributed by atoms with Crippen molar-refractivity contribution in [1.82, 2.24) is 9.88 Å². The Hall–Kier alpha value is -1.34. The van der Waals surface area contributed by atoms with Crippen LogP contribution in [0, 0.1) is 12.8 Å². The Morgan fingerprint density at radius 2 is 2.05 bits per heavy atom. The summed E-state index contributed by atoms with van der Waals surface area (Å²) in [4.78, 5) is 11.7. The Labute approximate surface area is 131 Å². The summed E-state index contributed by atoms with van der Waals surface area (Å²) < 4.78 is 29.6. The number of aromatic nitrogens is 1. The van der Waals surface area contributed by atoms with E-state index < -0.39 is 9.84 Å². The van der Waals surface area contributed by atoms with Gasteiger partial charge in [-0.25, -0.2) is 13.2 Å². The predicted molar refractivity (Wildman–Crippen MR) is 84.6 cm³/mol. The van der Waals surface area contributed by atoms with Crippen molar-refractivity contribution >= 4 is 15.8 Å². The summed E-state index contributed by atoms with van der Waals surface area (Å²) in [6, 6.07) is 1.85. The molecular formula is C15H24N2O4S. The van der Waals surface area contributed by atoms with Gasteiger partial charge in [-0.2, -0.15) is 0 Å². The Bertz CT molecular complexity index is 635. The van der Waals surface area contributed by atoms with Crippen LogP contribution in [-0.2, 0) is 28.2 Å². The van der Waals surface area contributed by atoms with Crippen molar-refractivity contribution in [2.45, 2.75) is 26.3 Å². The zero-order valence-corrected chi connectivity index (χ0v) is 14.2. The topological polar surface area (TPSA) is 77.4 Å². The van der Waals surface area contributed by atoms with Crippen molar-refractivity contribution < 1.29 is 17.9 Å². The fourth-order valence-corrected chi connectivity index (χ4v) is 4.39. The average molecular weight is 328 g/mol. The molecule has 1 fully saturated rings. The van der Waals surface area contributed by atoms with Gasteiger partial charge in [0.15, 0.2) is 0 Å². The molecule has 0 atom stereocenters. The summed E-state index contributed by atoms with van der Waals surface area (Å²) >= 11 is 0. The first-order valence-corrected chi connectivity index (χ1v) is 9.31. The number of esters is 1. The maximum atomic E-state index is 11.7. The Kier molecular flexibility index (Phi) is 5.28. The number of hydrogen-bond donors (Lipinski definition) is 1. The van der Waals surface area contributed by atoms with E-state index in [0.29, 0.717) is 29.5 Å². The van der Waals surface area contributed by atoms with Gasteiger partial charge in [-0.05, 0) is 38.3 Å². The molecule has 0 radical (unpaired) electrons. The second-order valence-corrected chi connectivity index (χ2v) is 8.22. The molecule has 7 heteroatoms. The summed E-state index contributed by atoms with van der Waals surface area (Å²) in [6.45, 7) is 3.34. The number of hydrogen-bond acceptors (Lipinski definition) is 5. The summed E-state index contributed by atoms with van der Waals surface area (Å²) in [5.74, 6) is 0.686. The van der Waals surface area contributed by atoms with Crippen molar-refractivity contribution in [3.63, 3.8) is 0 Å². The predicted octanol–water partition coefficient (Wildman–Crippen LogP) is 1.03. The molecule has 0 aromatic carbocycles. The molecule has 1 N–H and O–H groups in total. The Morgan fingerprint density at radius 3 is 2.64 bits per heavy atom. The van der Waals surface area contributed by atoms with Crippen LogP contribution in [0.3, 0.4) is 0 Å². The first-order chi connectivity index (χ1) is 10.3. The van der Waals surface area contributed by atoms with Gasteiger partial charge in [0, 0.05) is 25.0 Å². The molecule has 1 aromatic heterocycles. The fourth-order valence-electron chi connectivity index (χ4n) is 2.80. The van der Waals surface area contributed by atoms with Crippen molar-refractivity contribution in [3.05, 3.63) is 23.0 Å². The SMILES string of the molecule is COC(=O)c1cc(CNCC2CCS(=O)(=O)CC2)n(C)c1C. The molecule has 1 aromatic rings. The lowest BCUT2D eigenvalue weighted by atomic mass is 10.0. The van der Waals surface area contributed by atoms with Gasteiger partial charge in [0.25, 0.3) is 0 Å². The van der Waals surface area contributed by atoms with E-state index in [0.717, 1.165) is 30.8 Å². The Morgan fingerprint density at radius 1 is 1.41 bits per heavy atom. The van der Waals surface area contributed by atoms with Crippen LogP contribution in [-0.4, -0.2) is 44.1 Å². The zero-order valence-electron chi connectivity index (χ0n) is 13.4. The third kappa shape index (κ3) is 3.89. The molecule has 0 spiro atoms. The maximum absolute atomic E-state index is 11.7. The van der Waals surface area contributed by atoms with E-state index in [1.54, 1.807) is 0 Å². The number of nitrogens with one attached hydrogen (secondary N) is 1. The van der Waals surface area contributed by atoms with E-state index >= 15 is 0 Å². The van der Waals surface area contributed by atoms with Crippen molar-refractivity contribution in [1.29, 1.82) is 0 Å². The van der Waals surface area contributed by atoms with Crippen LogP contribution in [0.1, 0.15) is 34.6 Å². The number of rotatable bonds is 5. The standard InChI is InChI=1S/C15H24N2O4S/c1-11-14(15(18)21-3)8-13(17(11)2)10-16-9-12-4-6-22(19,20)7-5-12/h8,12,16H,4-7,9-10H2,1-3H3. The molecule has 0 saturated carbocycles. The lowest BCUT2D eigenvalue weighted by Gasteiger charge is -2.22. The monoisotopic (exact) mass is 328 g/mol. The third-order valence-corrected chi connectivity index (χ3v) is 6.17. The second-order valence-electron chi connectivity index (χ2n) is 5.91. The fraction of sp³-hybridized carbons (Fsp3) is 0.667. The first kappa shape index (κ1) is 17.0. The molecule has 22 heavy (non-hydrogen) atoms. The van der Waals surface area contributed by atoms with Crippen LogP contribution >= 0.6 is 0 Å². The maximum Gasteiger partial charge on any atom is 0.339 e. The molecule has 1 aliphatic rings. The van der Waals surface area contributed by atoms with Crippen LogP contribution in [0.2, 0.25) is 0 Å². The van der Waals surface area contributed by atoms with Crippen molar-refractivity contribution in [2.75, 3.05) is 25.2 Å². The van der Waals surface area contributed by atoms with E-state index in [-0.39, 0.29) is 5.97 Å². The quantitative estimate of drug-likeness (QED) is 0.817. The summed E-state index contributed by atoms with van der Waals surface area (Å²) in [7, 11) is 0.504. The van der Waals surface area contributed by atoms with Crippen LogP contribution in [0.15, 0.2) is 6.07 Å². The van der Waals surface area contributed by atoms with Gasteiger partial charge in [0.2, 0.25) is 0 Å². The second kappa shape index (κ2) is 6.83. The number of ether oxygens (including phenoxy) is 1. The van der Waals surface area contributed by atoms with Crippen LogP contribution in [0.4, 0.5) is 0 Å². The smallest absolute Gasteiger partial charge is 0.339 e. The highest BCUT2D eigenvalue weighted by Crippen LogP contribution is 2.19. The number of methoxy groups -OCH3 is 1. The van der Waals surface area contributed by atoms with E-state index in [9.17, 15) is 13.2 Å². The molecule has 6 nitrogen and oxygen atoms in total. The first-order valence-electron chi connectivity index (χ1n) is 7.48. The van der Waals surface area contributed by atoms with E-state index in [2.05, 4.69) is 5.32 Å². The number of nitrogens with zero attached hydrogens (tertiary/aromatic N) is 1. The van der Waals surface area contributed by atoms with Crippen LogP contribution < -0.4 is 5.32 Å². The molecular weight excluding hydrogens is 304 g/mol. The molecule has 0 aliphatic carbocycles. The van der Waals surface area contributed by atoms with E-state index in [4.69, 9.17) is 4.74 Å². The molecule has 0 unspecified atom stereocenters. The molecule has 124 valence electrons. The molecule has 2 heterocycles. The van der Waals surface area contributed by atoms with Crippen LogP contribution in [0.5, 0.6) is 0 Å². The van der Waals surface area contributed by atoms with Gasteiger partial charge in [-0.15, -0.1) is 0 Å². The van der Waals surface area contributed by atoms with Gasteiger partial charge in [-0.1, -0.05) is 0 Å². The minimum atomic E-state index is -2.80. The molecule has 1 saturated heterocycles. The van der Waals surface area contributed by atoms with Gasteiger partial charge >= 0.3 is 5.97 Å². The lowest BCUT2D eigenvalue weighted by molar-refractivity contribution is 0.0600. The molecule has 1 aliphatic heterocycles. The normalized spacial score (nSPS) is 18.3. The van der Waals surface area contributed by atoms with Gasteiger partial charge in [-0.3, -0.25) is 0 Å². The summed E-state index contributed by atoms with van der Waals surface area (Å²) in [5.41, 5.74) is 2.49. The van der Waals surface area contributed by atoms with E-state index in [1.165, 1.54) is 7.11 Å². The highest BCUT2D eigenvalue weighted by atomic mass is 32.2. The third-order valence-electron chi connectivity index (χ3n) is 4.45. The zero-order chi connectivity index (χ0) is 16.3. The highest BCUT2D eigenvalue weighted by molar-refractivity contribution is 7.91. The van der Waals surface area contributed by atoms with Crippen LogP contribution in [0.25, 0.3) is 0 Å². The minimum absolute atomic E-state index is 0.301. The van der Waals surface area contributed by atoms with Gasteiger partial charge < -0.3 is 14.6 Å². The summed E-state index contributed by atoms with van der Waals surface area (Å²) in [5, 5.41) is 3.37. The summed E-state index contributed by atoms with van der Waals surface area (Å²) in [6.07, 6.45) is 1.46. The number of carbonyl (C=O) groups is 1. The number of sulfone groups is 1. The molecule has 2 rings (SSSR count). The average Bonchev–Trinajstić information content (AvgIpc) is 2.76. The van der Waals surface area contributed by atoms with Gasteiger partial charge in [0.05, 0.1) is 24.2 Å². The van der Waals surface area contributed by atoms with E-state index in [1.807, 2.05) is 24.6 Å².